The van der Waals surface area contributed by atoms with Gasteiger partial charge in [0.1, 0.15) is 26.2 Å². The molecule has 1 aliphatic rings. The Balaban J connectivity index is 1.74. The van der Waals surface area contributed by atoms with Crippen molar-refractivity contribution in [1.82, 2.24) is 0 Å². The first kappa shape index (κ1) is 13.3. The van der Waals surface area contributed by atoms with Crippen LogP contribution in [0.3, 0.4) is 0 Å². The van der Waals surface area contributed by atoms with Crippen LogP contribution in [0.4, 0.5) is 0 Å². The molecule has 5 heteroatoms. The van der Waals surface area contributed by atoms with E-state index in [1.54, 1.807) is 24.3 Å². The quantitative estimate of drug-likeness (QED) is 0.806. The third-order valence-corrected chi connectivity index (χ3v) is 3.18. The summed E-state index contributed by atoms with van der Waals surface area (Å²) < 4.78 is 10.5. The molecular weight excluding hydrogens is 254 g/mol. The zero-order chi connectivity index (χ0) is 12.8. The number of hydrogen-bond acceptors (Lipinski definition) is 3. The number of halogens is 1. The van der Waals surface area contributed by atoms with Gasteiger partial charge in [-0.3, -0.25) is 0 Å². The van der Waals surface area contributed by atoms with Crippen molar-refractivity contribution >= 4 is 17.6 Å². The van der Waals surface area contributed by atoms with Crippen molar-refractivity contribution in [2.45, 2.75) is 0 Å². The van der Waals surface area contributed by atoms with Crippen LogP contribution in [0.5, 0.6) is 0 Å². The predicted octanol–water partition coefficient (Wildman–Crippen LogP) is 0.412. The van der Waals surface area contributed by atoms with Gasteiger partial charge in [0.2, 0.25) is 0 Å². The summed E-state index contributed by atoms with van der Waals surface area (Å²) in [6.07, 6.45) is 0. The molecule has 0 bridgehead atoms. The number of carbonyl (C=O) groups is 1. The fourth-order valence-electron chi connectivity index (χ4n) is 1.90. The first-order chi connectivity index (χ1) is 8.75. The first-order valence-corrected chi connectivity index (χ1v) is 6.47. The summed E-state index contributed by atoms with van der Waals surface area (Å²) in [7, 11) is 0. The minimum atomic E-state index is -0.315. The van der Waals surface area contributed by atoms with Crippen molar-refractivity contribution < 1.29 is 19.2 Å². The third kappa shape index (κ3) is 3.98. The van der Waals surface area contributed by atoms with Gasteiger partial charge in [0.05, 0.1) is 18.8 Å². The molecule has 4 nitrogen and oxygen atoms in total. The zero-order valence-electron chi connectivity index (χ0n) is 10.2. The topological polar surface area (TPSA) is 40.0 Å². The normalized spacial score (nSPS) is 16.5. The molecule has 1 aromatic carbocycles. The molecular formula is C13H17ClNO3+. The molecule has 2 rings (SSSR count). The Hall–Kier alpha value is -1.10. The molecule has 1 saturated heterocycles. The molecule has 0 amide bonds. The standard InChI is InChI=1S/C13H16ClNO3/c14-12-3-1-2-11(10-12)13(16)18-9-6-15-4-7-17-8-5-15/h1-3,10H,4-9H2/p+1. The highest BCUT2D eigenvalue weighted by Gasteiger charge is 2.14. The Morgan fingerprint density at radius 3 is 2.89 bits per heavy atom. The van der Waals surface area contributed by atoms with Gasteiger partial charge in [-0.2, -0.15) is 0 Å². The summed E-state index contributed by atoms with van der Waals surface area (Å²) >= 11 is 5.82. The zero-order valence-corrected chi connectivity index (χ0v) is 10.9. The molecule has 0 aliphatic carbocycles. The minimum absolute atomic E-state index is 0.315. The van der Waals surface area contributed by atoms with Gasteiger partial charge >= 0.3 is 5.97 Å². The molecule has 0 spiro atoms. The summed E-state index contributed by atoms with van der Waals surface area (Å²) in [6, 6.07) is 6.80. The number of esters is 1. The molecule has 98 valence electrons. The maximum Gasteiger partial charge on any atom is 0.338 e. The van der Waals surface area contributed by atoms with Gasteiger partial charge in [0.25, 0.3) is 0 Å². The van der Waals surface area contributed by atoms with Gasteiger partial charge in [-0.25, -0.2) is 4.79 Å². The van der Waals surface area contributed by atoms with Crippen LogP contribution in [0.1, 0.15) is 10.4 Å². The Morgan fingerprint density at radius 2 is 2.17 bits per heavy atom. The van der Waals surface area contributed by atoms with Crippen molar-refractivity contribution in [1.29, 1.82) is 0 Å². The maximum absolute atomic E-state index is 11.7. The average molecular weight is 271 g/mol. The Bertz CT molecular complexity index is 405. The smallest absolute Gasteiger partial charge is 0.338 e. The van der Waals surface area contributed by atoms with Crippen molar-refractivity contribution in [2.24, 2.45) is 0 Å². The molecule has 18 heavy (non-hydrogen) atoms. The Morgan fingerprint density at radius 1 is 1.39 bits per heavy atom. The van der Waals surface area contributed by atoms with Crippen LogP contribution < -0.4 is 4.90 Å². The summed E-state index contributed by atoms with van der Waals surface area (Å²) in [4.78, 5) is 13.1. The van der Waals surface area contributed by atoms with E-state index in [9.17, 15) is 4.79 Å². The van der Waals surface area contributed by atoms with Crippen LogP contribution in [0, 0.1) is 0 Å². The van der Waals surface area contributed by atoms with Crippen LogP contribution in [-0.2, 0) is 9.47 Å². The SMILES string of the molecule is O=C(OCC[NH+]1CCOCC1)c1cccc(Cl)c1. The van der Waals surface area contributed by atoms with E-state index in [2.05, 4.69) is 0 Å². The maximum atomic E-state index is 11.7. The lowest BCUT2D eigenvalue weighted by atomic mass is 10.2. The summed E-state index contributed by atoms with van der Waals surface area (Å²) in [5, 5.41) is 0.545. The van der Waals surface area contributed by atoms with Crippen molar-refractivity contribution in [2.75, 3.05) is 39.5 Å². The van der Waals surface area contributed by atoms with Crippen molar-refractivity contribution in [3.63, 3.8) is 0 Å². The number of hydrogen-bond donors (Lipinski definition) is 1. The molecule has 1 N–H and O–H groups in total. The molecule has 0 radical (unpaired) electrons. The van der Waals surface area contributed by atoms with E-state index in [0.717, 1.165) is 32.8 Å². The second-order valence-electron chi connectivity index (χ2n) is 4.26. The van der Waals surface area contributed by atoms with E-state index in [4.69, 9.17) is 21.1 Å². The summed E-state index contributed by atoms with van der Waals surface area (Å²) in [5.41, 5.74) is 0.500. The highest BCUT2D eigenvalue weighted by atomic mass is 35.5. The van der Waals surface area contributed by atoms with Crippen LogP contribution in [0.25, 0.3) is 0 Å². The largest absolute Gasteiger partial charge is 0.456 e. The number of benzene rings is 1. The van der Waals surface area contributed by atoms with E-state index < -0.39 is 0 Å². The van der Waals surface area contributed by atoms with Crippen molar-refractivity contribution in [3.8, 4) is 0 Å². The number of quaternary nitrogens is 1. The van der Waals surface area contributed by atoms with Crippen LogP contribution >= 0.6 is 11.6 Å². The number of ether oxygens (including phenoxy) is 2. The molecule has 1 aromatic rings. The third-order valence-electron chi connectivity index (χ3n) is 2.95. The lowest BCUT2D eigenvalue weighted by Gasteiger charge is -2.23. The predicted molar refractivity (Wildman–Crippen MR) is 68.1 cm³/mol. The summed E-state index contributed by atoms with van der Waals surface area (Å²) in [6.45, 7) is 4.80. The fourth-order valence-corrected chi connectivity index (χ4v) is 2.09. The number of rotatable bonds is 4. The van der Waals surface area contributed by atoms with Gasteiger partial charge < -0.3 is 14.4 Å². The van der Waals surface area contributed by atoms with Crippen LogP contribution in [0.2, 0.25) is 5.02 Å². The number of nitrogens with one attached hydrogen (secondary N) is 1. The molecule has 0 aromatic heterocycles. The van der Waals surface area contributed by atoms with E-state index in [1.807, 2.05) is 0 Å². The Kier molecular flexibility index (Phi) is 4.99. The van der Waals surface area contributed by atoms with E-state index in [1.165, 1.54) is 4.90 Å². The second-order valence-corrected chi connectivity index (χ2v) is 4.70. The number of carbonyl (C=O) groups excluding carboxylic acids is 1. The molecule has 0 saturated carbocycles. The van der Waals surface area contributed by atoms with E-state index >= 15 is 0 Å². The van der Waals surface area contributed by atoms with E-state index in [-0.39, 0.29) is 5.97 Å². The van der Waals surface area contributed by atoms with E-state index in [0.29, 0.717) is 17.2 Å². The number of morpholine rings is 1. The lowest BCUT2D eigenvalue weighted by Crippen LogP contribution is -3.14. The van der Waals surface area contributed by atoms with Gasteiger partial charge in [0.15, 0.2) is 0 Å². The molecule has 0 atom stereocenters. The first-order valence-electron chi connectivity index (χ1n) is 6.10. The van der Waals surface area contributed by atoms with Gasteiger partial charge in [0, 0.05) is 5.02 Å². The molecule has 1 heterocycles. The van der Waals surface area contributed by atoms with Crippen LogP contribution in [-0.4, -0.2) is 45.4 Å². The highest BCUT2D eigenvalue weighted by molar-refractivity contribution is 6.30. The summed E-state index contributed by atoms with van der Waals surface area (Å²) in [5.74, 6) is -0.315. The molecule has 0 unspecified atom stereocenters. The lowest BCUT2D eigenvalue weighted by molar-refractivity contribution is -0.908. The van der Waals surface area contributed by atoms with Gasteiger partial charge in [-0.1, -0.05) is 17.7 Å². The average Bonchev–Trinajstić information content (AvgIpc) is 2.40. The van der Waals surface area contributed by atoms with Gasteiger partial charge in [-0.05, 0) is 18.2 Å². The highest BCUT2D eigenvalue weighted by Crippen LogP contribution is 2.11. The molecule has 1 fully saturated rings. The van der Waals surface area contributed by atoms with Crippen LogP contribution in [0.15, 0.2) is 24.3 Å². The monoisotopic (exact) mass is 270 g/mol. The second kappa shape index (κ2) is 6.73. The fraction of sp³-hybridized carbons (Fsp3) is 0.462. The van der Waals surface area contributed by atoms with Gasteiger partial charge in [-0.15, -0.1) is 0 Å². The molecule has 1 aliphatic heterocycles. The van der Waals surface area contributed by atoms with Crippen molar-refractivity contribution in [3.05, 3.63) is 34.9 Å². The minimum Gasteiger partial charge on any atom is -0.456 e. The Labute approximate surface area is 111 Å².